The van der Waals surface area contributed by atoms with Crippen molar-refractivity contribution in [2.45, 2.75) is 36.1 Å². The molecule has 3 aromatic rings. The van der Waals surface area contributed by atoms with Crippen LogP contribution in [0.1, 0.15) is 24.8 Å². The second-order valence-electron chi connectivity index (χ2n) is 9.39. The van der Waals surface area contributed by atoms with Gasteiger partial charge in [0.2, 0.25) is 0 Å². The lowest BCUT2D eigenvalue weighted by Crippen LogP contribution is -2.56. The topological polar surface area (TPSA) is 116 Å². The van der Waals surface area contributed by atoms with Crippen molar-refractivity contribution >= 4 is 51.2 Å². The standard InChI is InChI=1S/C25H27Cl2F2N5O2S.CH2O2/c1-33(2)25(10-7-18-19(26)5-3-6-20(18)27)9-4-12-34(15-25)17-13-21(28)24(22(29)14-17)37(35,36)32-23-8-11-30-16-31-23;2-1-3/h3,5-6,8,11,13-14,16H,4,7,9-10,12,15H2,1-2H3,(H,30,31,32);1H,(H,2,3)/t25-;/m1./s1. The highest BCUT2D eigenvalue weighted by Gasteiger charge is 2.38. The number of halogens is 4. The van der Waals surface area contributed by atoms with Crippen LogP contribution in [0.2, 0.25) is 10.0 Å². The summed E-state index contributed by atoms with van der Waals surface area (Å²) in [5.41, 5.74) is 0.831. The van der Waals surface area contributed by atoms with E-state index in [2.05, 4.69) is 19.6 Å². The molecule has 0 spiro atoms. The number of rotatable bonds is 8. The van der Waals surface area contributed by atoms with Crippen LogP contribution in [0.4, 0.5) is 20.3 Å². The Morgan fingerprint density at radius 1 is 1.18 bits per heavy atom. The van der Waals surface area contributed by atoms with Gasteiger partial charge in [-0.25, -0.2) is 27.2 Å². The molecule has 40 heavy (non-hydrogen) atoms. The maximum absolute atomic E-state index is 15.1. The molecule has 9 nitrogen and oxygen atoms in total. The van der Waals surface area contributed by atoms with Gasteiger partial charge in [0.25, 0.3) is 16.5 Å². The lowest BCUT2D eigenvalue weighted by atomic mass is 9.82. The number of carbonyl (C=O) groups is 1. The molecule has 1 fully saturated rings. The largest absolute Gasteiger partial charge is 0.483 e. The summed E-state index contributed by atoms with van der Waals surface area (Å²) >= 11 is 12.8. The summed E-state index contributed by atoms with van der Waals surface area (Å²) in [5.74, 6) is -2.45. The van der Waals surface area contributed by atoms with E-state index in [1.54, 1.807) is 18.2 Å². The van der Waals surface area contributed by atoms with Crippen molar-refractivity contribution in [2.24, 2.45) is 0 Å². The number of benzene rings is 2. The van der Waals surface area contributed by atoms with Crippen LogP contribution in [0.15, 0.2) is 53.8 Å². The van der Waals surface area contributed by atoms with Crippen LogP contribution in [-0.2, 0) is 21.2 Å². The molecule has 0 amide bonds. The molecule has 0 radical (unpaired) electrons. The van der Waals surface area contributed by atoms with Crippen LogP contribution in [0.3, 0.4) is 0 Å². The van der Waals surface area contributed by atoms with Crippen LogP contribution in [0, 0.1) is 11.6 Å². The Morgan fingerprint density at radius 3 is 2.35 bits per heavy atom. The SMILES string of the molecule is CN(C)[C@@]1(CCc2c(Cl)cccc2Cl)CCCN(c2cc(F)c(S(=O)(=O)Nc3ccncn3)c(F)c2)C1.O=CO. The highest BCUT2D eigenvalue weighted by molar-refractivity contribution is 7.92. The first-order valence-corrected chi connectivity index (χ1v) is 14.4. The monoisotopic (exact) mass is 615 g/mol. The van der Waals surface area contributed by atoms with Gasteiger partial charge in [0.1, 0.15) is 23.8 Å². The van der Waals surface area contributed by atoms with Crippen LogP contribution in [0.5, 0.6) is 0 Å². The fourth-order valence-corrected chi connectivity index (χ4v) is 6.50. The van der Waals surface area contributed by atoms with E-state index in [1.165, 1.54) is 12.3 Å². The average molecular weight is 617 g/mol. The van der Waals surface area contributed by atoms with Crippen molar-refractivity contribution in [3.63, 3.8) is 0 Å². The molecule has 2 N–H and O–H groups in total. The van der Waals surface area contributed by atoms with Crippen molar-refractivity contribution in [3.8, 4) is 0 Å². The van der Waals surface area contributed by atoms with Crippen LogP contribution < -0.4 is 9.62 Å². The van der Waals surface area contributed by atoms with E-state index in [9.17, 15) is 8.42 Å². The average Bonchev–Trinajstić information content (AvgIpc) is 2.88. The number of aromatic nitrogens is 2. The first-order valence-electron chi connectivity index (χ1n) is 12.1. The van der Waals surface area contributed by atoms with E-state index in [0.29, 0.717) is 29.6 Å². The zero-order chi connectivity index (χ0) is 29.5. The Kier molecular flexibility index (Phi) is 10.6. The van der Waals surface area contributed by atoms with Gasteiger partial charge in [-0.15, -0.1) is 0 Å². The van der Waals surface area contributed by atoms with E-state index in [-0.39, 0.29) is 23.5 Å². The predicted octanol–water partition coefficient (Wildman–Crippen LogP) is 5.10. The summed E-state index contributed by atoms with van der Waals surface area (Å²) in [7, 11) is -0.589. The van der Waals surface area contributed by atoms with E-state index >= 15 is 8.78 Å². The summed E-state index contributed by atoms with van der Waals surface area (Å²) in [5, 5.41) is 8.09. The quantitative estimate of drug-likeness (QED) is 0.336. The number of piperidine rings is 1. The van der Waals surface area contributed by atoms with Crippen molar-refractivity contribution in [2.75, 3.05) is 36.8 Å². The van der Waals surface area contributed by atoms with Crippen molar-refractivity contribution in [1.82, 2.24) is 14.9 Å². The highest BCUT2D eigenvalue weighted by Crippen LogP contribution is 2.36. The number of likely N-dealkylation sites (N-methyl/N-ethyl adjacent to an activating group) is 1. The molecular formula is C26H29Cl2F2N5O4S. The Hall–Kier alpha value is -3.06. The molecule has 0 bridgehead atoms. The highest BCUT2D eigenvalue weighted by atomic mass is 35.5. The molecular weight excluding hydrogens is 587 g/mol. The maximum Gasteiger partial charge on any atom is 0.290 e. The van der Waals surface area contributed by atoms with Gasteiger partial charge in [-0.1, -0.05) is 29.3 Å². The second-order valence-corrected chi connectivity index (χ2v) is 11.8. The maximum atomic E-state index is 15.1. The lowest BCUT2D eigenvalue weighted by molar-refractivity contribution is -0.122. The molecule has 14 heteroatoms. The molecule has 1 aliphatic heterocycles. The third-order valence-electron chi connectivity index (χ3n) is 6.84. The number of nitrogens with one attached hydrogen (secondary N) is 1. The van der Waals surface area contributed by atoms with Gasteiger partial charge in [0.15, 0.2) is 4.90 Å². The molecule has 2 aromatic carbocycles. The zero-order valence-electron chi connectivity index (χ0n) is 21.8. The van der Waals surface area contributed by atoms with E-state index < -0.39 is 26.6 Å². The van der Waals surface area contributed by atoms with Gasteiger partial charge in [0, 0.05) is 40.6 Å². The Balaban J connectivity index is 0.00000141. The normalized spacial score (nSPS) is 17.2. The molecule has 0 saturated carbocycles. The first-order chi connectivity index (χ1) is 18.9. The number of hydrogen-bond donors (Lipinski definition) is 2. The molecule has 1 aliphatic rings. The molecule has 216 valence electrons. The minimum atomic E-state index is -4.55. The fraction of sp³-hybridized carbons (Fsp3) is 0.346. The predicted molar refractivity (Wildman–Crippen MR) is 151 cm³/mol. The number of hydrogen-bond acceptors (Lipinski definition) is 7. The van der Waals surface area contributed by atoms with Gasteiger partial charge < -0.3 is 14.9 Å². The minimum Gasteiger partial charge on any atom is -0.483 e. The van der Waals surface area contributed by atoms with Gasteiger partial charge >= 0.3 is 0 Å². The molecule has 1 atom stereocenters. The molecule has 2 heterocycles. The third kappa shape index (κ3) is 7.36. The number of sulfonamides is 1. The molecule has 0 unspecified atom stereocenters. The van der Waals surface area contributed by atoms with Gasteiger partial charge in [-0.05, 0) is 75.7 Å². The van der Waals surface area contributed by atoms with Crippen molar-refractivity contribution in [3.05, 3.63) is 76.2 Å². The summed E-state index contributed by atoms with van der Waals surface area (Å²) in [4.78, 5) is 18.8. The number of anilines is 2. The zero-order valence-corrected chi connectivity index (χ0v) is 24.1. The Labute approximate surface area is 241 Å². The Morgan fingerprint density at radius 2 is 1.80 bits per heavy atom. The minimum absolute atomic E-state index is 0.0942. The molecule has 0 aliphatic carbocycles. The van der Waals surface area contributed by atoms with Crippen LogP contribution in [0.25, 0.3) is 0 Å². The van der Waals surface area contributed by atoms with Crippen LogP contribution >= 0.6 is 23.2 Å². The van der Waals surface area contributed by atoms with Gasteiger partial charge in [-0.3, -0.25) is 9.52 Å². The van der Waals surface area contributed by atoms with Gasteiger partial charge in [0.05, 0.1) is 0 Å². The number of nitrogens with zero attached hydrogens (tertiary/aromatic N) is 4. The molecule has 1 saturated heterocycles. The smallest absolute Gasteiger partial charge is 0.290 e. The van der Waals surface area contributed by atoms with Crippen molar-refractivity contribution in [1.29, 1.82) is 0 Å². The van der Waals surface area contributed by atoms with Gasteiger partial charge in [-0.2, -0.15) is 0 Å². The molecule has 1 aromatic heterocycles. The summed E-state index contributed by atoms with van der Waals surface area (Å²) in [6.07, 6.45) is 5.46. The van der Waals surface area contributed by atoms with Crippen molar-refractivity contribution < 1.29 is 27.1 Å². The summed E-state index contributed by atoms with van der Waals surface area (Å²) in [6, 6.07) is 8.82. The number of carboxylic acid groups (broad SMARTS) is 1. The lowest BCUT2D eigenvalue weighted by Gasteiger charge is -2.48. The Bertz CT molecular complexity index is 1390. The van der Waals surface area contributed by atoms with Crippen LogP contribution in [-0.4, -0.2) is 67.6 Å². The fourth-order valence-electron chi connectivity index (χ4n) is 4.78. The van der Waals surface area contributed by atoms with E-state index in [1.807, 2.05) is 19.0 Å². The summed E-state index contributed by atoms with van der Waals surface area (Å²) < 4.78 is 57.7. The first kappa shape index (κ1) is 31.5. The third-order valence-corrected chi connectivity index (χ3v) is 8.96. The molecule has 4 rings (SSSR count). The van der Waals surface area contributed by atoms with E-state index in [4.69, 9.17) is 33.1 Å². The second kappa shape index (κ2) is 13.5. The van der Waals surface area contributed by atoms with E-state index in [0.717, 1.165) is 43.3 Å². The summed E-state index contributed by atoms with van der Waals surface area (Å²) in [6.45, 7) is 0.818.